The molecular formula is C24H31N5O3. The first-order chi connectivity index (χ1) is 15.5. The fourth-order valence-electron chi connectivity index (χ4n) is 5.19. The Hall–Kier alpha value is -3.00. The number of allylic oxidation sites excluding steroid dienone is 1. The van der Waals surface area contributed by atoms with Gasteiger partial charge in [0.15, 0.2) is 17.3 Å². The minimum absolute atomic E-state index is 0.0639. The monoisotopic (exact) mass is 437 g/mol. The number of benzene rings is 1. The Balaban J connectivity index is 1.22. The summed E-state index contributed by atoms with van der Waals surface area (Å²) >= 11 is 0. The number of likely N-dealkylation sites (tertiary alicyclic amines) is 2. The highest BCUT2D eigenvalue weighted by Gasteiger charge is 2.43. The lowest BCUT2D eigenvalue weighted by molar-refractivity contribution is 0.0583. The predicted octanol–water partition coefficient (Wildman–Crippen LogP) is 3.70. The van der Waals surface area contributed by atoms with Gasteiger partial charge in [0.05, 0.1) is 0 Å². The van der Waals surface area contributed by atoms with Crippen molar-refractivity contribution in [2.24, 2.45) is 0 Å². The van der Waals surface area contributed by atoms with E-state index in [9.17, 15) is 4.79 Å². The number of nitrogens with one attached hydrogen (secondary N) is 1. The summed E-state index contributed by atoms with van der Waals surface area (Å²) in [5.41, 5.74) is 2.21. The summed E-state index contributed by atoms with van der Waals surface area (Å²) in [4.78, 5) is 17.5. The van der Waals surface area contributed by atoms with Gasteiger partial charge in [0.1, 0.15) is 13.2 Å². The van der Waals surface area contributed by atoms with E-state index in [0.29, 0.717) is 19.0 Å². The molecule has 0 radical (unpaired) electrons. The van der Waals surface area contributed by atoms with E-state index in [0.717, 1.165) is 56.2 Å². The van der Waals surface area contributed by atoms with Crippen molar-refractivity contribution < 1.29 is 14.3 Å². The Morgan fingerprint density at radius 3 is 2.69 bits per heavy atom. The van der Waals surface area contributed by atoms with Crippen LogP contribution in [0.3, 0.4) is 0 Å². The highest BCUT2D eigenvalue weighted by Crippen LogP contribution is 2.40. The van der Waals surface area contributed by atoms with Crippen LogP contribution in [0, 0.1) is 0 Å². The summed E-state index contributed by atoms with van der Waals surface area (Å²) in [7, 11) is 0. The number of rotatable bonds is 4. The van der Waals surface area contributed by atoms with Crippen molar-refractivity contribution in [3.05, 3.63) is 48.3 Å². The lowest BCUT2D eigenvalue weighted by atomic mass is 9.85. The first-order valence-corrected chi connectivity index (χ1v) is 11.4. The van der Waals surface area contributed by atoms with E-state index < -0.39 is 0 Å². The number of amides is 1. The van der Waals surface area contributed by atoms with Crippen molar-refractivity contribution in [3.63, 3.8) is 0 Å². The molecule has 0 saturated carbocycles. The number of nitrogens with zero attached hydrogens (tertiary/aromatic N) is 4. The second kappa shape index (κ2) is 8.50. The fourth-order valence-corrected chi connectivity index (χ4v) is 5.19. The number of carbonyl (C=O) groups is 1. The van der Waals surface area contributed by atoms with Gasteiger partial charge in [-0.3, -0.25) is 4.90 Å². The minimum Gasteiger partial charge on any atom is -0.486 e. The van der Waals surface area contributed by atoms with Crippen LogP contribution in [-0.4, -0.2) is 64.0 Å². The standard InChI is InChI=1S/C24H31N5O3/c1-18(2)25-22-6-11-29(26-22)23(30)27-12-8-24(9-13-27)7-3-10-28(24)17-19-4-5-20-21(16-19)32-15-14-31-20/h4-6,11,16H,1,3,7-10,12-15,17H2,2H3,(H,25,26). The van der Waals surface area contributed by atoms with Crippen LogP contribution in [0.15, 0.2) is 42.7 Å². The molecule has 0 aliphatic carbocycles. The molecular weight excluding hydrogens is 406 g/mol. The number of fused-ring (bicyclic) bond motifs is 1. The van der Waals surface area contributed by atoms with Crippen molar-refractivity contribution in [2.45, 2.75) is 44.7 Å². The summed E-state index contributed by atoms with van der Waals surface area (Å²) < 4.78 is 12.8. The molecule has 32 heavy (non-hydrogen) atoms. The number of carbonyl (C=O) groups excluding carboxylic acids is 1. The van der Waals surface area contributed by atoms with E-state index in [1.807, 2.05) is 17.9 Å². The second-order valence-corrected chi connectivity index (χ2v) is 9.05. The second-order valence-electron chi connectivity index (χ2n) is 9.05. The van der Waals surface area contributed by atoms with E-state index in [1.54, 1.807) is 12.3 Å². The Morgan fingerprint density at radius 1 is 1.12 bits per heavy atom. The number of hydrogen-bond donors (Lipinski definition) is 1. The molecule has 2 fully saturated rings. The SMILES string of the molecule is C=C(C)Nc1ccn(C(=O)N2CCC3(CCCN3Cc3ccc4c(c3)OCCO4)CC2)n1. The van der Waals surface area contributed by atoms with Gasteiger partial charge in [-0.25, -0.2) is 4.79 Å². The third-order valence-corrected chi connectivity index (χ3v) is 6.81. The van der Waals surface area contributed by atoms with Gasteiger partial charge >= 0.3 is 6.03 Å². The van der Waals surface area contributed by atoms with E-state index in [4.69, 9.17) is 9.47 Å². The van der Waals surface area contributed by atoms with Gasteiger partial charge in [-0.2, -0.15) is 4.68 Å². The van der Waals surface area contributed by atoms with Crippen LogP contribution in [0.4, 0.5) is 10.6 Å². The lowest BCUT2D eigenvalue weighted by Gasteiger charge is -2.45. The maximum Gasteiger partial charge on any atom is 0.344 e. The number of aromatic nitrogens is 2. The third-order valence-electron chi connectivity index (χ3n) is 6.81. The van der Waals surface area contributed by atoms with Crippen LogP contribution >= 0.6 is 0 Å². The number of hydrogen-bond acceptors (Lipinski definition) is 6. The molecule has 8 heteroatoms. The van der Waals surface area contributed by atoms with Crippen LogP contribution in [0.25, 0.3) is 0 Å². The zero-order chi connectivity index (χ0) is 22.1. The fraction of sp³-hybridized carbons (Fsp3) is 0.500. The molecule has 1 N–H and O–H groups in total. The number of piperidine rings is 1. The van der Waals surface area contributed by atoms with Gasteiger partial charge in [-0.05, 0) is 56.8 Å². The molecule has 1 aromatic heterocycles. The van der Waals surface area contributed by atoms with Gasteiger partial charge in [-0.1, -0.05) is 12.6 Å². The Bertz CT molecular complexity index is 1010. The van der Waals surface area contributed by atoms with E-state index >= 15 is 0 Å². The summed E-state index contributed by atoms with van der Waals surface area (Å²) in [6.07, 6.45) is 6.08. The number of ether oxygens (including phenoxy) is 2. The summed E-state index contributed by atoms with van der Waals surface area (Å²) in [6.45, 7) is 10.4. The van der Waals surface area contributed by atoms with Gasteiger partial charge < -0.3 is 19.7 Å². The zero-order valence-corrected chi connectivity index (χ0v) is 18.7. The predicted molar refractivity (Wildman–Crippen MR) is 122 cm³/mol. The number of anilines is 1. The molecule has 0 unspecified atom stereocenters. The van der Waals surface area contributed by atoms with Gasteiger partial charge in [0.25, 0.3) is 0 Å². The molecule has 3 aliphatic rings. The van der Waals surface area contributed by atoms with Gasteiger partial charge in [0.2, 0.25) is 0 Å². The van der Waals surface area contributed by atoms with Crippen LogP contribution in [0.2, 0.25) is 0 Å². The average molecular weight is 438 g/mol. The minimum atomic E-state index is -0.0639. The van der Waals surface area contributed by atoms with Crippen LogP contribution in [-0.2, 0) is 6.54 Å². The van der Waals surface area contributed by atoms with Crippen LogP contribution < -0.4 is 14.8 Å². The molecule has 0 atom stereocenters. The van der Waals surface area contributed by atoms with Crippen LogP contribution in [0.1, 0.15) is 38.2 Å². The molecule has 2 aromatic rings. The maximum absolute atomic E-state index is 12.9. The zero-order valence-electron chi connectivity index (χ0n) is 18.7. The van der Waals surface area contributed by atoms with E-state index in [2.05, 4.69) is 34.0 Å². The van der Waals surface area contributed by atoms with Gasteiger partial charge in [-0.15, -0.1) is 5.10 Å². The highest BCUT2D eigenvalue weighted by atomic mass is 16.6. The maximum atomic E-state index is 12.9. The molecule has 8 nitrogen and oxygen atoms in total. The Kier molecular flexibility index (Phi) is 5.55. The Morgan fingerprint density at radius 2 is 1.91 bits per heavy atom. The summed E-state index contributed by atoms with van der Waals surface area (Å²) in [6, 6.07) is 8.02. The topological polar surface area (TPSA) is 71.9 Å². The van der Waals surface area contributed by atoms with Gasteiger partial charge in [0, 0.05) is 43.1 Å². The smallest absolute Gasteiger partial charge is 0.344 e. The first kappa shape index (κ1) is 20.9. The highest BCUT2D eigenvalue weighted by molar-refractivity contribution is 5.76. The first-order valence-electron chi connectivity index (χ1n) is 11.4. The summed E-state index contributed by atoms with van der Waals surface area (Å²) in [5, 5.41) is 7.39. The quantitative estimate of drug-likeness (QED) is 0.787. The van der Waals surface area contributed by atoms with Crippen molar-refractivity contribution in [3.8, 4) is 11.5 Å². The molecule has 3 aliphatic heterocycles. The molecule has 2 saturated heterocycles. The third kappa shape index (κ3) is 4.07. The molecule has 4 heterocycles. The van der Waals surface area contributed by atoms with E-state index in [-0.39, 0.29) is 11.6 Å². The molecule has 5 rings (SSSR count). The van der Waals surface area contributed by atoms with Crippen molar-refractivity contribution in [2.75, 3.05) is 38.2 Å². The van der Waals surface area contributed by atoms with Crippen LogP contribution in [0.5, 0.6) is 11.5 Å². The van der Waals surface area contributed by atoms with Crippen molar-refractivity contribution in [1.82, 2.24) is 19.6 Å². The molecule has 0 bridgehead atoms. The lowest BCUT2D eigenvalue weighted by Crippen LogP contribution is -2.53. The normalized spacial score (nSPS) is 19.8. The van der Waals surface area contributed by atoms with E-state index in [1.165, 1.54) is 23.1 Å². The average Bonchev–Trinajstić information content (AvgIpc) is 3.41. The van der Waals surface area contributed by atoms with Crippen molar-refractivity contribution >= 4 is 11.8 Å². The Labute approximate surface area is 188 Å². The molecule has 1 aromatic carbocycles. The largest absolute Gasteiger partial charge is 0.486 e. The molecule has 1 spiro atoms. The molecule has 1 amide bonds. The van der Waals surface area contributed by atoms with Crippen molar-refractivity contribution in [1.29, 1.82) is 0 Å². The summed E-state index contributed by atoms with van der Waals surface area (Å²) in [5.74, 6) is 2.33. The molecule has 170 valence electrons.